The van der Waals surface area contributed by atoms with Gasteiger partial charge in [0.25, 0.3) is 0 Å². The fraction of sp³-hybridized carbons (Fsp3) is 0.125. The van der Waals surface area contributed by atoms with E-state index < -0.39 is 0 Å². The molecule has 0 radical (unpaired) electrons. The Balaban J connectivity index is 2.63. The molecular formula is C8H8O2S. The van der Waals surface area contributed by atoms with Crippen LogP contribution in [0.3, 0.4) is 0 Å². The zero-order chi connectivity index (χ0) is 8.10. The van der Waals surface area contributed by atoms with E-state index in [4.69, 9.17) is 5.11 Å². The summed E-state index contributed by atoms with van der Waals surface area (Å²) in [5.41, 5.74) is 0. The Hall–Kier alpha value is -0.960. The van der Waals surface area contributed by atoms with Crippen LogP contribution >= 0.6 is 11.8 Å². The number of carbonyl (C=O) groups is 1. The van der Waals surface area contributed by atoms with Gasteiger partial charge in [-0.15, -0.1) is 11.8 Å². The maximum atomic E-state index is 9.98. The Morgan fingerprint density at radius 1 is 1.55 bits per heavy atom. The van der Waals surface area contributed by atoms with Gasteiger partial charge in [0.15, 0.2) is 0 Å². The summed E-state index contributed by atoms with van der Waals surface area (Å²) in [5.74, 6) is 0.671. The lowest BCUT2D eigenvalue weighted by atomic mass is 10.3. The lowest BCUT2D eigenvalue weighted by Gasteiger charge is -1.96. The van der Waals surface area contributed by atoms with E-state index in [0.717, 1.165) is 11.2 Å². The van der Waals surface area contributed by atoms with Crippen LogP contribution in [0.1, 0.15) is 0 Å². The summed E-state index contributed by atoms with van der Waals surface area (Å²) >= 11 is 1.41. The number of aromatic hydroxyl groups is 1. The van der Waals surface area contributed by atoms with Gasteiger partial charge in [0.1, 0.15) is 12.0 Å². The average Bonchev–Trinajstić information content (AvgIpc) is 2.01. The Morgan fingerprint density at radius 3 is 3.00 bits per heavy atom. The number of hydrogen-bond donors (Lipinski definition) is 1. The van der Waals surface area contributed by atoms with Gasteiger partial charge >= 0.3 is 0 Å². The van der Waals surface area contributed by atoms with Crippen molar-refractivity contribution in [2.75, 3.05) is 5.75 Å². The van der Waals surface area contributed by atoms with Crippen LogP contribution in [0.15, 0.2) is 29.2 Å². The SMILES string of the molecule is O=CCSc1cccc(O)c1. The Morgan fingerprint density at radius 2 is 2.36 bits per heavy atom. The molecule has 1 rings (SSSR count). The smallest absolute Gasteiger partial charge is 0.130 e. The second kappa shape index (κ2) is 4.03. The lowest BCUT2D eigenvalue weighted by molar-refractivity contribution is -0.105. The highest BCUT2D eigenvalue weighted by molar-refractivity contribution is 7.99. The second-order valence-corrected chi connectivity index (χ2v) is 3.07. The predicted octanol–water partition coefficient (Wildman–Crippen LogP) is 1.68. The largest absolute Gasteiger partial charge is 0.508 e. The summed E-state index contributed by atoms with van der Waals surface area (Å²) in [6, 6.07) is 6.84. The van der Waals surface area contributed by atoms with Gasteiger partial charge in [-0.2, -0.15) is 0 Å². The molecule has 11 heavy (non-hydrogen) atoms. The van der Waals surface area contributed by atoms with Crippen molar-refractivity contribution >= 4 is 18.0 Å². The molecule has 0 atom stereocenters. The van der Waals surface area contributed by atoms with Crippen molar-refractivity contribution in [1.29, 1.82) is 0 Å². The molecule has 0 spiro atoms. The quantitative estimate of drug-likeness (QED) is 0.551. The van der Waals surface area contributed by atoms with Crippen molar-refractivity contribution in [1.82, 2.24) is 0 Å². The summed E-state index contributed by atoms with van der Waals surface area (Å²) in [6.07, 6.45) is 0.842. The molecule has 0 saturated carbocycles. The van der Waals surface area contributed by atoms with Crippen LogP contribution in [0, 0.1) is 0 Å². The first-order valence-corrected chi connectivity index (χ1v) is 4.17. The lowest BCUT2D eigenvalue weighted by Crippen LogP contribution is -1.77. The summed E-state index contributed by atoms with van der Waals surface area (Å²) in [4.78, 5) is 10.9. The van der Waals surface area contributed by atoms with Crippen molar-refractivity contribution in [3.05, 3.63) is 24.3 Å². The summed E-state index contributed by atoms with van der Waals surface area (Å²) in [6.45, 7) is 0. The third-order valence-electron chi connectivity index (χ3n) is 1.14. The van der Waals surface area contributed by atoms with Crippen molar-refractivity contribution in [3.63, 3.8) is 0 Å². The van der Waals surface area contributed by atoms with E-state index in [2.05, 4.69) is 0 Å². The molecule has 58 valence electrons. The molecule has 0 saturated heterocycles. The van der Waals surface area contributed by atoms with Crippen LogP contribution < -0.4 is 0 Å². The van der Waals surface area contributed by atoms with Crippen LogP contribution in [0.4, 0.5) is 0 Å². The van der Waals surface area contributed by atoms with E-state index in [1.807, 2.05) is 6.07 Å². The molecule has 2 nitrogen and oxygen atoms in total. The maximum absolute atomic E-state index is 9.98. The van der Waals surface area contributed by atoms with Gasteiger partial charge in [0.05, 0.1) is 5.75 Å². The van der Waals surface area contributed by atoms with Crippen LogP contribution in [-0.4, -0.2) is 17.1 Å². The van der Waals surface area contributed by atoms with E-state index in [-0.39, 0.29) is 5.75 Å². The normalized spacial score (nSPS) is 9.45. The van der Waals surface area contributed by atoms with Gasteiger partial charge in [0, 0.05) is 4.90 Å². The van der Waals surface area contributed by atoms with E-state index in [9.17, 15) is 4.79 Å². The molecule has 1 aromatic rings. The van der Waals surface area contributed by atoms with Crippen molar-refractivity contribution in [3.8, 4) is 5.75 Å². The van der Waals surface area contributed by atoms with Gasteiger partial charge in [-0.25, -0.2) is 0 Å². The van der Waals surface area contributed by atoms with Gasteiger partial charge in [-0.3, -0.25) is 0 Å². The fourth-order valence-corrected chi connectivity index (χ4v) is 1.34. The number of phenols is 1. The fourth-order valence-electron chi connectivity index (χ4n) is 0.704. The number of benzene rings is 1. The van der Waals surface area contributed by atoms with Crippen LogP contribution in [0.25, 0.3) is 0 Å². The van der Waals surface area contributed by atoms with Crippen molar-refractivity contribution in [2.45, 2.75) is 4.90 Å². The summed E-state index contributed by atoms with van der Waals surface area (Å²) in [5, 5.41) is 9.01. The van der Waals surface area contributed by atoms with Gasteiger partial charge in [-0.1, -0.05) is 6.07 Å². The zero-order valence-corrected chi connectivity index (χ0v) is 6.67. The Labute approximate surface area is 69.2 Å². The van der Waals surface area contributed by atoms with Crippen molar-refractivity contribution < 1.29 is 9.90 Å². The minimum Gasteiger partial charge on any atom is -0.508 e. The molecule has 0 bridgehead atoms. The van der Waals surface area contributed by atoms with E-state index in [1.165, 1.54) is 11.8 Å². The minimum absolute atomic E-state index is 0.237. The first-order valence-electron chi connectivity index (χ1n) is 3.18. The highest BCUT2D eigenvalue weighted by Crippen LogP contribution is 2.20. The van der Waals surface area contributed by atoms with Gasteiger partial charge in [0.2, 0.25) is 0 Å². The molecule has 0 heterocycles. The summed E-state index contributed by atoms with van der Waals surface area (Å²) in [7, 11) is 0. The van der Waals surface area contributed by atoms with Gasteiger partial charge in [-0.05, 0) is 18.2 Å². The molecule has 0 aliphatic rings. The van der Waals surface area contributed by atoms with E-state index in [1.54, 1.807) is 18.2 Å². The zero-order valence-electron chi connectivity index (χ0n) is 5.86. The molecule has 0 amide bonds. The molecule has 1 N–H and O–H groups in total. The number of carbonyl (C=O) groups excluding carboxylic acids is 1. The molecule has 0 aliphatic heterocycles. The number of hydrogen-bond acceptors (Lipinski definition) is 3. The van der Waals surface area contributed by atoms with E-state index in [0.29, 0.717) is 5.75 Å². The molecule has 0 unspecified atom stereocenters. The minimum atomic E-state index is 0.237. The number of phenolic OH excluding ortho intramolecular Hbond substituents is 1. The first-order chi connectivity index (χ1) is 5.33. The Bertz CT molecular complexity index is 248. The number of rotatable bonds is 3. The summed E-state index contributed by atoms with van der Waals surface area (Å²) < 4.78 is 0. The maximum Gasteiger partial charge on any atom is 0.130 e. The van der Waals surface area contributed by atoms with Gasteiger partial charge < -0.3 is 9.90 Å². The van der Waals surface area contributed by atoms with Crippen LogP contribution in [-0.2, 0) is 4.79 Å². The molecule has 0 aliphatic carbocycles. The van der Waals surface area contributed by atoms with Crippen molar-refractivity contribution in [2.24, 2.45) is 0 Å². The predicted molar refractivity (Wildman–Crippen MR) is 44.9 cm³/mol. The number of aldehydes is 1. The topological polar surface area (TPSA) is 37.3 Å². The molecular weight excluding hydrogens is 160 g/mol. The van der Waals surface area contributed by atoms with Crippen LogP contribution in [0.2, 0.25) is 0 Å². The number of thioether (sulfide) groups is 1. The molecule has 3 heteroatoms. The molecule has 0 fully saturated rings. The standard InChI is InChI=1S/C8H8O2S/c9-4-5-11-8-3-1-2-7(10)6-8/h1-4,6,10H,5H2. The van der Waals surface area contributed by atoms with E-state index >= 15 is 0 Å². The third kappa shape index (κ3) is 2.63. The highest BCUT2D eigenvalue weighted by atomic mass is 32.2. The first kappa shape index (κ1) is 8.14. The highest BCUT2D eigenvalue weighted by Gasteiger charge is 1.92. The molecule has 1 aromatic carbocycles. The second-order valence-electron chi connectivity index (χ2n) is 1.98. The Kier molecular flexibility index (Phi) is 2.98. The molecule has 0 aromatic heterocycles. The monoisotopic (exact) mass is 168 g/mol. The third-order valence-corrected chi connectivity index (χ3v) is 2.03. The van der Waals surface area contributed by atoms with Crippen LogP contribution in [0.5, 0.6) is 5.75 Å². The average molecular weight is 168 g/mol.